The Morgan fingerprint density at radius 2 is 2.20 bits per heavy atom. The Kier molecular flexibility index (Phi) is 2.32. The van der Waals surface area contributed by atoms with Gasteiger partial charge in [0, 0.05) is 5.92 Å². The van der Waals surface area contributed by atoms with Gasteiger partial charge < -0.3 is 14.2 Å². The number of hydrogen-bond acceptors (Lipinski definition) is 4. The van der Waals surface area contributed by atoms with Crippen LogP contribution in [0.3, 0.4) is 0 Å². The van der Waals surface area contributed by atoms with Crippen LogP contribution in [-0.4, -0.2) is 37.0 Å². The molecule has 2 heterocycles. The molecule has 2 rings (SSSR count). The standard InChI is InChI=1S/C11H18O4/c1-5-10(9(12)13-4)11(15-10)6-14-8(3)7(11)2/h7-8H,5-6H2,1-4H3. The number of methoxy groups -OCH3 is 1. The minimum Gasteiger partial charge on any atom is -0.467 e. The summed E-state index contributed by atoms with van der Waals surface area (Å²) in [6, 6.07) is 0. The van der Waals surface area contributed by atoms with Gasteiger partial charge in [-0.05, 0) is 13.3 Å². The first-order valence-corrected chi connectivity index (χ1v) is 5.44. The Hall–Kier alpha value is -0.610. The van der Waals surface area contributed by atoms with E-state index in [0.717, 1.165) is 0 Å². The average Bonchev–Trinajstić information content (AvgIpc) is 2.86. The second-order valence-corrected chi connectivity index (χ2v) is 4.47. The van der Waals surface area contributed by atoms with Crippen LogP contribution in [0, 0.1) is 5.92 Å². The van der Waals surface area contributed by atoms with Crippen LogP contribution in [0.5, 0.6) is 0 Å². The molecule has 4 nitrogen and oxygen atoms in total. The first-order chi connectivity index (χ1) is 7.04. The predicted octanol–water partition coefficient (Wildman–Crippen LogP) is 1.13. The van der Waals surface area contributed by atoms with Crippen LogP contribution in [0.2, 0.25) is 0 Å². The van der Waals surface area contributed by atoms with Gasteiger partial charge >= 0.3 is 5.97 Å². The smallest absolute Gasteiger partial charge is 0.341 e. The van der Waals surface area contributed by atoms with E-state index in [1.165, 1.54) is 7.11 Å². The molecule has 0 aromatic heterocycles. The highest BCUT2D eigenvalue weighted by atomic mass is 16.7. The Labute approximate surface area is 89.9 Å². The van der Waals surface area contributed by atoms with Crippen LogP contribution in [0.1, 0.15) is 27.2 Å². The van der Waals surface area contributed by atoms with Gasteiger partial charge in [0.25, 0.3) is 0 Å². The van der Waals surface area contributed by atoms with Crippen molar-refractivity contribution in [3.63, 3.8) is 0 Å². The zero-order valence-corrected chi connectivity index (χ0v) is 9.70. The zero-order chi connectivity index (χ0) is 11.3. The van der Waals surface area contributed by atoms with Crippen LogP contribution in [-0.2, 0) is 19.0 Å². The summed E-state index contributed by atoms with van der Waals surface area (Å²) in [5, 5.41) is 0. The van der Waals surface area contributed by atoms with Crippen molar-refractivity contribution in [2.75, 3.05) is 13.7 Å². The molecule has 0 aromatic carbocycles. The highest BCUT2D eigenvalue weighted by Gasteiger charge is 2.79. The summed E-state index contributed by atoms with van der Waals surface area (Å²) >= 11 is 0. The summed E-state index contributed by atoms with van der Waals surface area (Å²) < 4.78 is 16.1. The lowest BCUT2D eigenvalue weighted by molar-refractivity contribution is -0.147. The summed E-state index contributed by atoms with van der Waals surface area (Å²) in [6.45, 7) is 6.52. The predicted molar refractivity (Wildman–Crippen MR) is 53.4 cm³/mol. The SMILES string of the molecule is CCC1(C(=O)OC)OC12COC(C)C2C. The molecular formula is C11H18O4. The second-order valence-electron chi connectivity index (χ2n) is 4.47. The maximum absolute atomic E-state index is 11.7. The third kappa shape index (κ3) is 1.12. The van der Waals surface area contributed by atoms with Crippen molar-refractivity contribution in [2.45, 2.75) is 44.5 Å². The second kappa shape index (κ2) is 3.19. The van der Waals surface area contributed by atoms with E-state index in [9.17, 15) is 4.79 Å². The fourth-order valence-electron chi connectivity index (χ4n) is 2.70. The molecule has 0 aliphatic carbocycles. The number of carbonyl (C=O) groups is 1. The molecule has 4 atom stereocenters. The topological polar surface area (TPSA) is 48.1 Å². The van der Waals surface area contributed by atoms with E-state index < -0.39 is 11.2 Å². The number of esters is 1. The van der Waals surface area contributed by atoms with Gasteiger partial charge in [0.15, 0.2) is 5.60 Å². The fourth-order valence-corrected chi connectivity index (χ4v) is 2.70. The molecule has 0 N–H and O–H groups in total. The van der Waals surface area contributed by atoms with Crippen LogP contribution >= 0.6 is 0 Å². The van der Waals surface area contributed by atoms with E-state index in [-0.39, 0.29) is 18.0 Å². The normalized spacial score (nSPS) is 48.3. The van der Waals surface area contributed by atoms with Gasteiger partial charge in [0.2, 0.25) is 0 Å². The van der Waals surface area contributed by atoms with E-state index in [4.69, 9.17) is 14.2 Å². The number of carbonyl (C=O) groups excluding carboxylic acids is 1. The molecule has 0 aromatic rings. The third-order valence-electron chi connectivity index (χ3n) is 4.01. The minimum absolute atomic E-state index is 0.142. The van der Waals surface area contributed by atoms with Gasteiger partial charge in [0.05, 0.1) is 19.8 Å². The van der Waals surface area contributed by atoms with Crippen molar-refractivity contribution < 1.29 is 19.0 Å². The Balaban J connectivity index is 2.25. The summed E-state index contributed by atoms with van der Waals surface area (Å²) in [6.07, 6.45) is 0.781. The maximum atomic E-state index is 11.7. The zero-order valence-electron chi connectivity index (χ0n) is 9.70. The summed E-state index contributed by atoms with van der Waals surface area (Å²) in [7, 11) is 1.40. The van der Waals surface area contributed by atoms with Gasteiger partial charge in [-0.2, -0.15) is 0 Å². The lowest BCUT2D eigenvalue weighted by Crippen LogP contribution is -2.39. The molecule has 86 valence electrons. The average molecular weight is 214 g/mol. The molecule has 0 amide bonds. The van der Waals surface area contributed by atoms with E-state index >= 15 is 0 Å². The number of rotatable bonds is 2. The molecule has 0 saturated carbocycles. The molecule has 2 saturated heterocycles. The highest BCUT2D eigenvalue weighted by Crippen LogP contribution is 2.59. The lowest BCUT2D eigenvalue weighted by Gasteiger charge is -2.16. The van der Waals surface area contributed by atoms with Crippen LogP contribution in [0.15, 0.2) is 0 Å². The highest BCUT2D eigenvalue weighted by molar-refractivity contribution is 5.85. The molecule has 4 unspecified atom stereocenters. The summed E-state index contributed by atoms with van der Waals surface area (Å²) in [5.74, 6) is -0.0360. The Bertz CT molecular complexity index is 290. The molecule has 0 radical (unpaired) electrons. The van der Waals surface area contributed by atoms with Gasteiger partial charge in [-0.25, -0.2) is 4.79 Å². The quantitative estimate of drug-likeness (QED) is 0.510. The number of ether oxygens (including phenoxy) is 3. The molecular weight excluding hydrogens is 196 g/mol. The van der Waals surface area contributed by atoms with Crippen molar-refractivity contribution in [1.82, 2.24) is 0 Å². The molecule has 15 heavy (non-hydrogen) atoms. The van der Waals surface area contributed by atoms with Crippen molar-refractivity contribution in [3.05, 3.63) is 0 Å². The Morgan fingerprint density at radius 3 is 2.60 bits per heavy atom. The van der Waals surface area contributed by atoms with E-state index in [1.54, 1.807) is 0 Å². The van der Waals surface area contributed by atoms with Crippen molar-refractivity contribution >= 4 is 5.97 Å². The van der Waals surface area contributed by atoms with Gasteiger partial charge in [-0.15, -0.1) is 0 Å². The third-order valence-corrected chi connectivity index (χ3v) is 4.01. The van der Waals surface area contributed by atoms with Crippen molar-refractivity contribution in [2.24, 2.45) is 5.92 Å². The maximum Gasteiger partial charge on any atom is 0.341 e. The molecule has 0 bridgehead atoms. The van der Waals surface area contributed by atoms with Gasteiger partial charge in [-0.1, -0.05) is 13.8 Å². The van der Waals surface area contributed by atoms with Gasteiger partial charge in [0.1, 0.15) is 5.60 Å². The molecule has 1 spiro atoms. The lowest BCUT2D eigenvalue weighted by atomic mass is 9.81. The molecule has 2 aliphatic rings. The van der Waals surface area contributed by atoms with Gasteiger partial charge in [-0.3, -0.25) is 0 Å². The number of hydrogen-bond donors (Lipinski definition) is 0. The van der Waals surface area contributed by atoms with Crippen molar-refractivity contribution in [3.8, 4) is 0 Å². The van der Waals surface area contributed by atoms with E-state index in [1.807, 2.05) is 13.8 Å². The van der Waals surface area contributed by atoms with E-state index in [2.05, 4.69) is 6.92 Å². The first-order valence-electron chi connectivity index (χ1n) is 5.44. The summed E-state index contributed by atoms with van der Waals surface area (Å²) in [4.78, 5) is 11.7. The molecule has 2 aliphatic heterocycles. The molecule has 2 fully saturated rings. The first kappa shape index (κ1) is 10.9. The monoisotopic (exact) mass is 214 g/mol. The van der Waals surface area contributed by atoms with Crippen LogP contribution in [0.25, 0.3) is 0 Å². The summed E-state index contributed by atoms with van der Waals surface area (Å²) in [5.41, 5.74) is -1.19. The van der Waals surface area contributed by atoms with E-state index in [0.29, 0.717) is 13.0 Å². The minimum atomic E-state index is -0.758. The number of epoxide rings is 1. The Morgan fingerprint density at radius 1 is 1.53 bits per heavy atom. The van der Waals surface area contributed by atoms with Crippen LogP contribution < -0.4 is 0 Å². The fraction of sp³-hybridized carbons (Fsp3) is 0.909. The van der Waals surface area contributed by atoms with Crippen molar-refractivity contribution in [1.29, 1.82) is 0 Å². The molecule has 4 heteroatoms. The van der Waals surface area contributed by atoms with Crippen LogP contribution in [0.4, 0.5) is 0 Å². The largest absolute Gasteiger partial charge is 0.467 e.